The molecule has 0 saturated carbocycles. The molecule has 3 heterocycles. The van der Waals surface area contributed by atoms with E-state index in [1.165, 1.54) is 12.0 Å². The van der Waals surface area contributed by atoms with E-state index in [0.717, 1.165) is 16.9 Å². The number of hydrogen-bond donors (Lipinski definition) is 1. The summed E-state index contributed by atoms with van der Waals surface area (Å²) in [7, 11) is 1.54. The molecule has 1 aromatic heterocycles. The molecule has 2 aliphatic rings. The third kappa shape index (κ3) is 3.69. The van der Waals surface area contributed by atoms with Gasteiger partial charge in [-0.3, -0.25) is 14.6 Å². The van der Waals surface area contributed by atoms with Crippen LogP contribution in [0.15, 0.2) is 72.6 Å². The molecule has 1 fully saturated rings. The van der Waals surface area contributed by atoms with Gasteiger partial charge in [-0.15, -0.1) is 0 Å². The molecule has 34 heavy (non-hydrogen) atoms. The second-order valence-electron chi connectivity index (χ2n) is 8.48. The molecule has 1 amide bonds. The number of fused-ring (bicyclic) bond motifs is 1. The highest BCUT2D eigenvalue weighted by molar-refractivity contribution is 6.46. The minimum atomic E-state index is -0.812. The van der Waals surface area contributed by atoms with E-state index in [2.05, 4.69) is 4.98 Å². The van der Waals surface area contributed by atoms with Gasteiger partial charge in [0, 0.05) is 36.5 Å². The average Bonchev–Trinajstić information content (AvgIpc) is 3.35. The van der Waals surface area contributed by atoms with Crippen molar-refractivity contribution in [3.05, 3.63) is 94.8 Å². The largest absolute Gasteiger partial charge is 0.507 e. The molecule has 0 bridgehead atoms. The Bertz CT molecular complexity index is 1300. The lowest BCUT2D eigenvalue weighted by Crippen LogP contribution is -2.29. The first-order valence-electron chi connectivity index (χ1n) is 11.1. The molecule has 7 nitrogen and oxygen atoms in total. The molecule has 2 unspecified atom stereocenters. The normalized spacial score (nSPS) is 20.8. The van der Waals surface area contributed by atoms with Crippen LogP contribution in [0.4, 0.5) is 0 Å². The van der Waals surface area contributed by atoms with Crippen LogP contribution < -0.4 is 9.47 Å². The number of amides is 1. The fraction of sp³-hybridized carbons (Fsp3) is 0.222. The van der Waals surface area contributed by atoms with E-state index in [9.17, 15) is 14.7 Å². The van der Waals surface area contributed by atoms with Crippen LogP contribution in [0.3, 0.4) is 0 Å². The van der Waals surface area contributed by atoms with Crippen molar-refractivity contribution in [2.24, 2.45) is 0 Å². The number of ketones is 1. The van der Waals surface area contributed by atoms with Crippen molar-refractivity contribution < 1.29 is 24.2 Å². The molecule has 2 atom stereocenters. The van der Waals surface area contributed by atoms with E-state index in [1.54, 1.807) is 48.8 Å². The van der Waals surface area contributed by atoms with Crippen LogP contribution in [0.1, 0.15) is 35.2 Å². The number of Topliss-reactive ketones (excluding diaryl/α,β-unsaturated/α-hetero) is 1. The highest BCUT2D eigenvalue weighted by Crippen LogP contribution is 2.44. The third-order valence-corrected chi connectivity index (χ3v) is 6.25. The number of ether oxygens (including phenoxy) is 2. The number of methoxy groups -OCH3 is 1. The van der Waals surface area contributed by atoms with Crippen LogP contribution in [-0.4, -0.2) is 39.9 Å². The maximum Gasteiger partial charge on any atom is 0.295 e. The summed E-state index contributed by atoms with van der Waals surface area (Å²) in [5, 5.41) is 11.4. The highest BCUT2D eigenvalue weighted by Gasteiger charge is 2.47. The van der Waals surface area contributed by atoms with E-state index in [0.29, 0.717) is 23.3 Å². The number of likely N-dealkylation sites (tertiary alicyclic amines) is 1. The Morgan fingerprint density at radius 2 is 1.91 bits per heavy atom. The van der Waals surface area contributed by atoms with Gasteiger partial charge in [0.25, 0.3) is 11.7 Å². The molecule has 172 valence electrons. The second kappa shape index (κ2) is 8.67. The van der Waals surface area contributed by atoms with Gasteiger partial charge in [-0.2, -0.15) is 0 Å². The van der Waals surface area contributed by atoms with E-state index in [-0.39, 0.29) is 24.0 Å². The number of benzene rings is 2. The zero-order valence-electron chi connectivity index (χ0n) is 18.9. The van der Waals surface area contributed by atoms with Crippen LogP contribution in [0.25, 0.3) is 5.76 Å². The van der Waals surface area contributed by atoms with Gasteiger partial charge in [-0.1, -0.05) is 18.2 Å². The summed E-state index contributed by atoms with van der Waals surface area (Å²) in [6.45, 7) is 2.16. The summed E-state index contributed by atoms with van der Waals surface area (Å²) in [4.78, 5) is 32.0. The number of rotatable bonds is 5. The smallest absolute Gasteiger partial charge is 0.295 e. The van der Waals surface area contributed by atoms with Crippen molar-refractivity contribution in [2.75, 3.05) is 7.11 Å². The van der Waals surface area contributed by atoms with E-state index in [4.69, 9.17) is 9.47 Å². The Morgan fingerprint density at radius 1 is 1.15 bits per heavy atom. The van der Waals surface area contributed by atoms with Gasteiger partial charge in [-0.05, 0) is 54.4 Å². The van der Waals surface area contributed by atoms with Crippen molar-refractivity contribution >= 4 is 17.4 Å². The Labute approximate surface area is 197 Å². The Morgan fingerprint density at radius 3 is 2.68 bits per heavy atom. The number of aliphatic hydroxyl groups is 1. The summed E-state index contributed by atoms with van der Waals surface area (Å²) in [5.41, 5.74) is 2.91. The molecule has 0 radical (unpaired) electrons. The maximum absolute atomic E-state index is 13.3. The third-order valence-electron chi connectivity index (χ3n) is 6.25. The maximum atomic E-state index is 13.3. The second-order valence-corrected chi connectivity index (χ2v) is 8.48. The number of pyridine rings is 1. The van der Waals surface area contributed by atoms with Gasteiger partial charge >= 0.3 is 0 Å². The lowest BCUT2D eigenvalue weighted by atomic mass is 9.93. The summed E-state index contributed by atoms with van der Waals surface area (Å²) in [5.74, 6) is -0.325. The predicted molar refractivity (Wildman–Crippen MR) is 125 cm³/mol. The molecule has 2 aliphatic heterocycles. The van der Waals surface area contributed by atoms with Crippen molar-refractivity contribution in [1.29, 1.82) is 0 Å². The number of para-hydroxylation sites is 1. The minimum Gasteiger partial charge on any atom is -0.507 e. The Kier molecular flexibility index (Phi) is 5.53. The number of carbonyl (C=O) groups is 2. The van der Waals surface area contributed by atoms with Gasteiger partial charge in [-0.25, -0.2) is 0 Å². The summed E-state index contributed by atoms with van der Waals surface area (Å²) in [6.07, 6.45) is 4.03. The Hall–Kier alpha value is -4.13. The van der Waals surface area contributed by atoms with Crippen molar-refractivity contribution in [1.82, 2.24) is 9.88 Å². The van der Waals surface area contributed by atoms with Gasteiger partial charge in [0.05, 0.1) is 18.7 Å². The van der Waals surface area contributed by atoms with Crippen molar-refractivity contribution in [3.63, 3.8) is 0 Å². The van der Waals surface area contributed by atoms with E-state index < -0.39 is 17.7 Å². The SMILES string of the molecule is COc1ccccc1C1/C(=C(\O)c2ccc3c(c2)CC(C)O3)C(=O)C(=O)N1Cc1ccncc1. The fourth-order valence-electron chi connectivity index (χ4n) is 4.67. The molecule has 1 saturated heterocycles. The first-order chi connectivity index (χ1) is 16.5. The van der Waals surface area contributed by atoms with Crippen molar-refractivity contribution in [2.45, 2.75) is 32.0 Å². The van der Waals surface area contributed by atoms with E-state index in [1.807, 2.05) is 25.1 Å². The standard InChI is InChI=1S/C27H24N2O5/c1-16-13-19-14-18(7-8-21(19)34-16)25(30)23-24(20-5-3-4-6-22(20)33-2)29(27(32)26(23)31)15-17-9-11-28-12-10-17/h3-12,14,16,24,30H,13,15H2,1-2H3/b25-23+. The number of hydrogen-bond acceptors (Lipinski definition) is 6. The van der Waals surface area contributed by atoms with Gasteiger partial charge in [0.1, 0.15) is 23.4 Å². The number of nitrogens with zero attached hydrogens (tertiary/aromatic N) is 2. The zero-order chi connectivity index (χ0) is 23.8. The van der Waals surface area contributed by atoms with Crippen LogP contribution in [0, 0.1) is 0 Å². The molecule has 5 rings (SSSR count). The molecular weight excluding hydrogens is 432 g/mol. The molecular formula is C27H24N2O5. The zero-order valence-corrected chi connectivity index (χ0v) is 18.9. The summed E-state index contributed by atoms with van der Waals surface area (Å²) < 4.78 is 11.3. The predicted octanol–water partition coefficient (Wildman–Crippen LogP) is 4.04. The van der Waals surface area contributed by atoms with Crippen LogP contribution in [0.5, 0.6) is 11.5 Å². The molecule has 7 heteroatoms. The van der Waals surface area contributed by atoms with E-state index >= 15 is 0 Å². The number of carbonyl (C=O) groups excluding carboxylic acids is 2. The average molecular weight is 456 g/mol. The summed E-state index contributed by atoms with van der Waals surface area (Å²) >= 11 is 0. The monoisotopic (exact) mass is 456 g/mol. The van der Waals surface area contributed by atoms with Gasteiger partial charge < -0.3 is 19.5 Å². The molecule has 1 N–H and O–H groups in total. The first-order valence-corrected chi connectivity index (χ1v) is 11.1. The van der Waals surface area contributed by atoms with Crippen LogP contribution >= 0.6 is 0 Å². The highest BCUT2D eigenvalue weighted by atomic mass is 16.5. The van der Waals surface area contributed by atoms with Crippen LogP contribution in [-0.2, 0) is 22.6 Å². The first kappa shape index (κ1) is 21.7. The number of aliphatic hydroxyl groups excluding tert-OH is 1. The van der Waals surface area contributed by atoms with Crippen molar-refractivity contribution in [3.8, 4) is 11.5 Å². The fourth-order valence-corrected chi connectivity index (χ4v) is 4.67. The Balaban J connectivity index is 1.66. The lowest BCUT2D eigenvalue weighted by molar-refractivity contribution is -0.140. The van der Waals surface area contributed by atoms with Crippen LogP contribution in [0.2, 0.25) is 0 Å². The topological polar surface area (TPSA) is 89.0 Å². The van der Waals surface area contributed by atoms with Gasteiger partial charge in [0.15, 0.2) is 0 Å². The molecule has 3 aromatic rings. The van der Waals surface area contributed by atoms with Gasteiger partial charge in [0.2, 0.25) is 0 Å². The molecule has 0 aliphatic carbocycles. The summed E-state index contributed by atoms with van der Waals surface area (Å²) in [6, 6.07) is 15.3. The quantitative estimate of drug-likeness (QED) is 0.354. The molecule has 0 spiro atoms. The minimum absolute atomic E-state index is 0.0375. The molecule has 2 aromatic carbocycles. The lowest BCUT2D eigenvalue weighted by Gasteiger charge is -2.26. The number of aromatic nitrogens is 1.